The summed E-state index contributed by atoms with van der Waals surface area (Å²) < 4.78 is 7.01. The molecule has 3 aliphatic rings. The Bertz CT molecular complexity index is 2340. The van der Waals surface area contributed by atoms with Gasteiger partial charge in [-0.25, -0.2) is 0 Å². The van der Waals surface area contributed by atoms with Crippen molar-refractivity contribution in [3.05, 3.63) is 174 Å². The highest BCUT2D eigenvalue weighted by Gasteiger charge is 2.46. The largest absolute Gasteiger partial charge is 0.453 e. The fourth-order valence-corrected chi connectivity index (χ4v) is 9.01. The van der Waals surface area contributed by atoms with E-state index in [9.17, 15) is 0 Å². The summed E-state index contributed by atoms with van der Waals surface area (Å²) >= 11 is 0. The second-order valence-electron chi connectivity index (χ2n) is 14.9. The van der Waals surface area contributed by atoms with Crippen LogP contribution in [0, 0.1) is 0 Å². The van der Waals surface area contributed by atoms with E-state index in [0.717, 1.165) is 28.6 Å². The standard InChI is InChI=1S/C48H37NO/c1-47(2)39-28-32(30-14-8-5-9-15-30)20-22-35(39)37-24-26-41-45(43(37)47)49(34-18-12-7-13-19-34)46-42(50-41)27-25-38-36-23-21-33(31-16-10-6-11-17-31)29-40(36)48(3,4)44(38)46/h5-29H,1-4H3. The number of rotatable bonds is 3. The lowest BCUT2D eigenvalue weighted by Crippen LogP contribution is -2.26. The van der Waals surface area contributed by atoms with Crippen molar-refractivity contribution in [2.45, 2.75) is 38.5 Å². The molecule has 10 rings (SSSR count). The third-order valence-corrected chi connectivity index (χ3v) is 11.4. The van der Waals surface area contributed by atoms with Crippen LogP contribution in [0.5, 0.6) is 11.5 Å². The number of nitrogens with zero attached hydrogens (tertiary/aromatic N) is 1. The first kappa shape index (κ1) is 29.1. The summed E-state index contributed by atoms with van der Waals surface area (Å²) in [5, 5.41) is 0. The van der Waals surface area contributed by atoms with Gasteiger partial charge in [0.25, 0.3) is 0 Å². The van der Waals surface area contributed by atoms with Crippen LogP contribution in [0.3, 0.4) is 0 Å². The molecule has 0 aromatic heterocycles. The molecule has 7 aromatic carbocycles. The van der Waals surface area contributed by atoms with Gasteiger partial charge >= 0.3 is 0 Å². The highest BCUT2D eigenvalue weighted by molar-refractivity contribution is 6.00. The van der Waals surface area contributed by atoms with Crippen LogP contribution < -0.4 is 9.64 Å². The van der Waals surface area contributed by atoms with Gasteiger partial charge in [0.1, 0.15) is 0 Å². The summed E-state index contributed by atoms with van der Waals surface area (Å²) in [6, 6.07) is 55.2. The lowest BCUT2D eigenvalue weighted by Gasteiger charge is -2.40. The Morgan fingerprint density at radius 1 is 0.400 bits per heavy atom. The van der Waals surface area contributed by atoms with E-state index in [0.29, 0.717) is 0 Å². The SMILES string of the molecule is CC1(C)c2cc(-c3ccccc3)ccc2-c2ccc3c(c21)N(c1ccccc1)c1c(ccc2c1C(C)(C)c1cc(-c4ccccc4)ccc1-2)O3. The van der Waals surface area contributed by atoms with Crippen molar-refractivity contribution in [2.75, 3.05) is 4.90 Å². The van der Waals surface area contributed by atoms with E-state index >= 15 is 0 Å². The van der Waals surface area contributed by atoms with Crippen molar-refractivity contribution in [2.24, 2.45) is 0 Å². The Balaban J connectivity index is 1.20. The van der Waals surface area contributed by atoms with Crippen LogP contribution in [0.2, 0.25) is 0 Å². The first-order chi connectivity index (χ1) is 24.3. The summed E-state index contributed by atoms with van der Waals surface area (Å²) in [5.41, 5.74) is 18.3. The lowest BCUT2D eigenvalue weighted by molar-refractivity contribution is 0.472. The molecular weight excluding hydrogens is 607 g/mol. The number of benzene rings is 7. The average molecular weight is 644 g/mol. The molecule has 0 bridgehead atoms. The van der Waals surface area contributed by atoms with Crippen LogP contribution in [0.25, 0.3) is 44.5 Å². The van der Waals surface area contributed by atoms with Crippen LogP contribution in [0.4, 0.5) is 17.1 Å². The summed E-state index contributed by atoms with van der Waals surface area (Å²) in [6.07, 6.45) is 0. The van der Waals surface area contributed by atoms with Crippen molar-refractivity contribution in [3.8, 4) is 56.0 Å². The van der Waals surface area contributed by atoms with Crippen LogP contribution >= 0.6 is 0 Å². The Morgan fingerprint density at radius 3 is 1.24 bits per heavy atom. The number of ether oxygens (including phenoxy) is 1. The maximum Gasteiger partial charge on any atom is 0.151 e. The third kappa shape index (κ3) is 3.96. The van der Waals surface area contributed by atoms with Gasteiger partial charge in [-0.3, -0.25) is 0 Å². The molecular formula is C48H37NO. The highest BCUT2D eigenvalue weighted by Crippen LogP contribution is 2.64. The third-order valence-electron chi connectivity index (χ3n) is 11.4. The molecule has 0 amide bonds. The normalized spacial score (nSPS) is 15.2. The Morgan fingerprint density at radius 2 is 0.800 bits per heavy atom. The van der Waals surface area contributed by atoms with E-state index in [-0.39, 0.29) is 10.8 Å². The minimum Gasteiger partial charge on any atom is -0.453 e. The van der Waals surface area contributed by atoms with Crippen molar-refractivity contribution in [1.29, 1.82) is 0 Å². The van der Waals surface area contributed by atoms with Gasteiger partial charge in [0.15, 0.2) is 11.5 Å². The van der Waals surface area contributed by atoms with Gasteiger partial charge in [-0.15, -0.1) is 0 Å². The quantitative estimate of drug-likeness (QED) is 0.190. The molecule has 0 unspecified atom stereocenters. The summed E-state index contributed by atoms with van der Waals surface area (Å²) in [6.45, 7) is 9.52. The van der Waals surface area contributed by atoms with Gasteiger partial charge in [-0.05, 0) is 103 Å². The topological polar surface area (TPSA) is 12.5 Å². The number of fused-ring (bicyclic) bond motifs is 10. The summed E-state index contributed by atoms with van der Waals surface area (Å²) in [5.74, 6) is 1.78. The van der Waals surface area contributed by atoms with Crippen molar-refractivity contribution in [1.82, 2.24) is 0 Å². The van der Waals surface area contributed by atoms with E-state index < -0.39 is 0 Å². The Hall–Kier alpha value is -5.86. The molecule has 2 nitrogen and oxygen atoms in total. The van der Waals surface area contributed by atoms with Crippen molar-refractivity contribution >= 4 is 17.1 Å². The summed E-state index contributed by atoms with van der Waals surface area (Å²) in [4.78, 5) is 2.52. The minimum absolute atomic E-state index is 0.268. The number of anilines is 3. The number of hydrogen-bond donors (Lipinski definition) is 0. The molecule has 1 aliphatic heterocycles. The van der Waals surface area contributed by atoms with E-state index in [4.69, 9.17) is 4.74 Å². The van der Waals surface area contributed by atoms with Gasteiger partial charge in [0.05, 0.1) is 11.4 Å². The first-order valence-corrected chi connectivity index (χ1v) is 17.6. The Labute approximate surface area is 294 Å². The van der Waals surface area contributed by atoms with Crippen molar-refractivity contribution < 1.29 is 4.74 Å². The zero-order chi connectivity index (χ0) is 33.8. The molecule has 7 aromatic rings. The number of hydrogen-bond acceptors (Lipinski definition) is 2. The van der Waals surface area contributed by atoms with E-state index in [1.807, 2.05) is 0 Å². The van der Waals surface area contributed by atoms with Crippen LogP contribution in [-0.4, -0.2) is 0 Å². The molecule has 0 saturated carbocycles. The molecule has 0 saturated heterocycles. The molecule has 0 atom stereocenters. The second-order valence-corrected chi connectivity index (χ2v) is 14.9. The van der Waals surface area contributed by atoms with Crippen LogP contribution in [0.1, 0.15) is 49.9 Å². The van der Waals surface area contributed by atoms with Gasteiger partial charge in [0, 0.05) is 16.5 Å². The first-order valence-electron chi connectivity index (χ1n) is 17.6. The Kier molecular flexibility index (Phi) is 6.01. The maximum atomic E-state index is 7.01. The minimum atomic E-state index is -0.268. The zero-order valence-electron chi connectivity index (χ0n) is 28.8. The molecule has 0 N–H and O–H groups in total. The van der Waals surface area contributed by atoms with Crippen LogP contribution in [-0.2, 0) is 10.8 Å². The predicted molar refractivity (Wildman–Crippen MR) is 207 cm³/mol. The molecule has 0 radical (unpaired) electrons. The molecule has 2 heteroatoms. The number of para-hydroxylation sites is 1. The molecule has 50 heavy (non-hydrogen) atoms. The highest BCUT2D eigenvalue weighted by atomic mass is 16.5. The maximum absolute atomic E-state index is 7.01. The fraction of sp³-hybridized carbons (Fsp3) is 0.125. The molecule has 0 spiro atoms. The lowest BCUT2D eigenvalue weighted by atomic mass is 9.78. The van der Waals surface area contributed by atoms with Crippen molar-refractivity contribution in [3.63, 3.8) is 0 Å². The second kappa shape index (κ2) is 10.3. The van der Waals surface area contributed by atoms with Gasteiger partial charge in [0.2, 0.25) is 0 Å². The van der Waals surface area contributed by atoms with E-state index in [2.05, 4.69) is 184 Å². The van der Waals surface area contributed by atoms with Crippen LogP contribution in [0.15, 0.2) is 152 Å². The average Bonchev–Trinajstić information content (AvgIpc) is 3.53. The van der Waals surface area contributed by atoms with Gasteiger partial charge in [-0.1, -0.05) is 143 Å². The van der Waals surface area contributed by atoms with E-state index in [1.165, 1.54) is 66.8 Å². The molecule has 2 aliphatic carbocycles. The van der Waals surface area contributed by atoms with Gasteiger partial charge in [-0.2, -0.15) is 0 Å². The monoisotopic (exact) mass is 643 g/mol. The van der Waals surface area contributed by atoms with E-state index in [1.54, 1.807) is 0 Å². The molecule has 0 fully saturated rings. The predicted octanol–water partition coefficient (Wildman–Crippen LogP) is 13.2. The summed E-state index contributed by atoms with van der Waals surface area (Å²) in [7, 11) is 0. The molecule has 240 valence electrons. The van der Waals surface area contributed by atoms with Gasteiger partial charge < -0.3 is 9.64 Å². The smallest absolute Gasteiger partial charge is 0.151 e. The zero-order valence-corrected chi connectivity index (χ0v) is 28.8. The molecule has 1 heterocycles. The fourth-order valence-electron chi connectivity index (χ4n) is 9.01.